The monoisotopic (exact) mass is 260 g/mol. The molecule has 2 aromatic heterocycles. The third kappa shape index (κ3) is 2.58. The van der Waals surface area contributed by atoms with Crippen molar-refractivity contribution >= 4 is 5.69 Å². The van der Waals surface area contributed by atoms with E-state index in [9.17, 15) is 0 Å². The molecule has 1 aliphatic rings. The van der Waals surface area contributed by atoms with E-state index in [0.29, 0.717) is 18.3 Å². The molecule has 1 fully saturated rings. The van der Waals surface area contributed by atoms with Gasteiger partial charge >= 0.3 is 0 Å². The van der Waals surface area contributed by atoms with Gasteiger partial charge in [0.1, 0.15) is 6.10 Å². The third-order valence-electron chi connectivity index (χ3n) is 3.14. The lowest BCUT2D eigenvalue weighted by Crippen LogP contribution is -2.38. The second-order valence-corrected chi connectivity index (χ2v) is 4.63. The maximum atomic E-state index is 5.72. The first-order chi connectivity index (χ1) is 9.22. The molecular weight excluding hydrogens is 244 g/mol. The van der Waals surface area contributed by atoms with Gasteiger partial charge in [-0.15, -0.1) is 0 Å². The fraction of sp³-hybridized carbons (Fsp3) is 0.462. The molecule has 19 heavy (non-hydrogen) atoms. The summed E-state index contributed by atoms with van der Waals surface area (Å²) in [7, 11) is 0. The van der Waals surface area contributed by atoms with Crippen molar-refractivity contribution in [1.82, 2.24) is 15.1 Å². The normalized spacial score (nSPS) is 19.7. The van der Waals surface area contributed by atoms with E-state index in [-0.39, 0.29) is 6.10 Å². The van der Waals surface area contributed by atoms with E-state index in [1.54, 1.807) is 6.92 Å². The first-order valence-corrected chi connectivity index (χ1v) is 6.32. The fourth-order valence-electron chi connectivity index (χ4n) is 2.21. The van der Waals surface area contributed by atoms with Crippen molar-refractivity contribution in [2.45, 2.75) is 20.0 Å². The summed E-state index contributed by atoms with van der Waals surface area (Å²) in [5, 5.41) is 3.93. The lowest BCUT2D eigenvalue weighted by atomic mass is 10.2. The molecule has 0 aromatic carbocycles. The predicted molar refractivity (Wildman–Crippen MR) is 68.9 cm³/mol. The standard InChI is InChI=1S/C13H16N4O2/c1-9-7-11(3-4-14-9)17-5-6-18-12(8-17)13-15-10(2)19-16-13/h3-4,7,12H,5-6,8H2,1-2H3/t12-/m1/s1. The van der Waals surface area contributed by atoms with Crippen LogP contribution in [0.5, 0.6) is 0 Å². The molecule has 1 atom stereocenters. The number of hydrogen-bond donors (Lipinski definition) is 0. The van der Waals surface area contributed by atoms with Crippen molar-refractivity contribution in [3.63, 3.8) is 0 Å². The second kappa shape index (κ2) is 4.97. The number of rotatable bonds is 2. The molecule has 1 saturated heterocycles. The van der Waals surface area contributed by atoms with Crippen LogP contribution in [-0.4, -0.2) is 34.8 Å². The molecule has 1 aliphatic heterocycles. The molecule has 100 valence electrons. The minimum atomic E-state index is -0.139. The molecule has 0 saturated carbocycles. The highest BCUT2D eigenvalue weighted by Crippen LogP contribution is 2.24. The molecule has 3 rings (SSSR count). The van der Waals surface area contributed by atoms with Gasteiger partial charge in [0.25, 0.3) is 0 Å². The number of aromatic nitrogens is 3. The Kier molecular flexibility index (Phi) is 3.16. The molecule has 0 radical (unpaired) electrons. The van der Waals surface area contributed by atoms with Crippen LogP contribution >= 0.6 is 0 Å². The van der Waals surface area contributed by atoms with Crippen LogP contribution < -0.4 is 4.90 Å². The zero-order chi connectivity index (χ0) is 13.2. The molecule has 6 nitrogen and oxygen atoms in total. The summed E-state index contributed by atoms with van der Waals surface area (Å²) in [6.45, 7) is 6.01. The van der Waals surface area contributed by atoms with Gasteiger partial charge in [-0.2, -0.15) is 4.98 Å². The zero-order valence-electron chi connectivity index (χ0n) is 11.0. The Labute approximate surface area is 111 Å². The maximum absolute atomic E-state index is 5.72. The van der Waals surface area contributed by atoms with Gasteiger partial charge in [0, 0.05) is 31.0 Å². The smallest absolute Gasteiger partial charge is 0.223 e. The van der Waals surface area contributed by atoms with Gasteiger partial charge in [-0.3, -0.25) is 4.98 Å². The Bertz CT molecular complexity index is 569. The molecule has 0 amide bonds. The minimum Gasteiger partial charge on any atom is -0.366 e. The summed E-state index contributed by atoms with van der Waals surface area (Å²) < 4.78 is 10.7. The third-order valence-corrected chi connectivity index (χ3v) is 3.14. The summed E-state index contributed by atoms with van der Waals surface area (Å²) in [5.74, 6) is 1.18. The van der Waals surface area contributed by atoms with E-state index in [2.05, 4.69) is 26.1 Å². The van der Waals surface area contributed by atoms with Gasteiger partial charge in [0.2, 0.25) is 11.7 Å². The van der Waals surface area contributed by atoms with E-state index >= 15 is 0 Å². The van der Waals surface area contributed by atoms with Crippen LogP contribution in [0.4, 0.5) is 5.69 Å². The highest BCUT2D eigenvalue weighted by Gasteiger charge is 2.26. The van der Waals surface area contributed by atoms with Gasteiger partial charge in [0.05, 0.1) is 13.2 Å². The molecular formula is C13H16N4O2. The van der Waals surface area contributed by atoms with Crippen molar-refractivity contribution < 1.29 is 9.26 Å². The quantitative estimate of drug-likeness (QED) is 0.818. The number of aryl methyl sites for hydroxylation is 2. The predicted octanol–water partition coefficient (Wildman–Crippen LogP) is 1.66. The number of anilines is 1. The summed E-state index contributed by atoms with van der Waals surface area (Å²) in [4.78, 5) is 10.7. The highest BCUT2D eigenvalue weighted by molar-refractivity contribution is 5.47. The Morgan fingerprint density at radius 3 is 3.00 bits per heavy atom. The topological polar surface area (TPSA) is 64.3 Å². The van der Waals surface area contributed by atoms with Crippen molar-refractivity contribution in [1.29, 1.82) is 0 Å². The number of morpholine rings is 1. The SMILES string of the molecule is Cc1cc(N2CCO[C@@H](c3noc(C)n3)C2)ccn1. The second-order valence-electron chi connectivity index (χ2n) is 4.63. The summed E-state index contributed by atoms with van der Waals surface area (Å²) in [6.07, 6.45) is 1.69. The van der Waals surface area contributed by atoms with Crippen molar-refractivity contribution in [2.75, 3.05) is 24.6 Å². The molecule has 0 unspecified atom stereocenters. The Balaban J connectivity index is 1.78. The Morgan fingerprint density at radius 2 is 2.26 bits per heavy atom. The lowest BCUT2D eigenvalue weighted by molar-refractivity contribution is 0.0326. The van der Waals surface area contributed by atoms with Gasteiger partial charge < -0.3 is 14.2 Å². The van der Waals surface area contributed by atoms with Gasteiger partial charge in [-0.1, -0.05) is 5.16 Å². The first-order valence-electron chi connectivity index (χ1n) is 6.32. The van der Waals surface area contributed by atoms with Crippen LogP contribution in [0.15, 0.2) is 22.9 Å². The molecule has 6 heteroatoms. The van der Waals surface area contributed by atoms with Crippen LogP contribution in [-0.2, 0) is 4.74 Å². The Morgan fingerprint density at radius 1 is 1.37 bits per heavy atom. The number of pyridine rings is 1. The van der Waals surface area contributed by atoms with Crippen molar-refractivity contribution in [3.05, 3.63) is 35.7 Å². The van der Waals surface area contributed by atoms with Crippen molar-refractivity contribution in [3.8, 4) is 0 Å². The molecule has 0 aliphatic carbocycles. The number of nitrogens with zero attached hydrogens (tertiary/aromatic N) is 4. The molecule has 3 heterocycles. The molecule has 0 N–H and O–H groups in total. The van der Waals surface area contributed by atoms with Crippen molar-refractivity contribution in [2.24, 2.45) is 0 Å². The van der Waals surface area contributed by atoms with E-state index in [0.717, 1.165) is 24.5 Å². The number of ether oxygens (including phenoxy) is 1. The molecule has 2 aromatic rings. The average Bonchev–Trinajstić information content (AvgIpc) is 2.86. The van der Waals surface area contributed by atoms with Crippen LogP contribution in [0.1, 0.15) is 23.5 Å². The van der Waals surface area contributed by atoms with Crippen LogP contribution in [0, 0.1) is 13.8 Å². The molecule has 0 bridgehead atoms. The molecule has 0 spiro atoms. The van der Waals surface area contributed by atoms with Gasteiger partial charge in [-0.05, 0) is 19.1 Å². The lowest BCUT2D eigenvalue weighted by Gasteiger charge is -2.33. The van der Waals surface area contributed by atoms with Crippen LogP contribution in [0.2, 0.25) is 0 Å². The number of hydrogen-bond acceptors (Lipinski definition) is 6. The van der Waals surface area contributed by atoms with Crippen LogP contribution in [0.25, 0.3) is 0 Å². The summed E-state index contributed by atoms with van der Waals surface area (Å²) in [5.41, 5.74) is 2.16. The average molecular weight is 260 g/mol. The Hall–Kier alpha value is -1.95. The summed E-state index contributed by atoms with van der Waals surface area (Å²) >= 11 is 0. The van der Waals surface area contributed by atoms with E-state index in [4.69, 9.17) is 9.26 Å². The van der Waals surface area contributed by atoms with Gasteiger partial charge in [-0.25, -0.2) is 0 Å². The summed E-state index contributed by atoms with van der Waals surface area (Å²) in [6, 6.07) is 4.08. The van der Waals surface area contributed by atoms with E-state index in [1.165, 1.54) is 0 Å². The minimum absolute atomic E-state index is 0.139. The fourth-order valence-corrected chi connectivity index (χ4v) is 2.21. The van der Waals surface area contributed by atoms with E-state index < -0.39 is 0 Å². The largest absolute Gasteiger partial charge is 0.366 e. The maximum Gasteiger partial charge on any atom is 0.223 e. The highest BCUT2D eigenvalue weighted by atomic mass is 16.5. The first kappa shape index (κ1) is 12.1. The zero-order valence-corrected chi connectivity index (χ0v) is 11.0. The van der Waals surface area contributed by atoms with Crippen LogP contribution in [0.3, 0.4) is 0 Å². The van der Waals surface area contributed by atoms with Gasteiger partial charge in [0.15, 0.2) is 0 Å². The van der Waals surface area contributed by atoms with E-state index in [1.807, 2.05) is 19.2 Å².